The van der Waals surface area contributed by atoms with Crippen LogP contribution in [0.3, 0.4) is 0 Å². The molecule has 0 spiro atoms. The number of carbonyl (C=O) groups is 1. The number of piperidine rings is 1. The summed E-state index contributed by atoms with van der Waals surface area (Å²) < 4.78 is 11.6. The van der Waals surface area contributed by atoms with Crippen molar-refractivity contribution in [2.24, 2.45) is 17.3 Å². The van der Waals surface area contributed by atoms with Crippen LogP contribution in [0.5, 0.6) is 0 Å². The molecule has 5 nitrogen and oxygen atoms in total. The molecule has 0 radical (unpaired) electrons. The van der Waals surface area contributed by atoms with Gasteiger partial charge in [-0.3, -0.25) is 0 Å². The average molecular weight is 308 g/mol. The zero-order chi connectivity index (χ0) is 15.2. The maximum Gasteiger partial charge on any atom is 0.317 e. The van der Waals surface area contributed by atoms with E-state index in [-0.39, 0.29) is 11.9 Å². The number of likely N-dealkylation sites (tertiary alicyclic amines) is 1. The molecule has 2 aliphatic carbocycles. The topological polar surface area (TPSA) is 50.8 Å². The third-order valence-electron chi connectivity index (χ3n) is 6.24. The Bertz CT molecular complexity index is 439. The molecule has 4 aliphatic rings. The van der Waals surface area contributed by atoms with Crippen molar-refractivity contribution in [2.45, 2.75) is 51.2 Å². The highest BCUT2D eigenvalue weighted by Crippen LogP contribution is 2.60. The summed E-state index contributed by atoms with van der Waals surface area (Å²) in [5.74, 6) is 0.680. The molecule has 2 heterocycles. The van der Waals surface area contributed by atoms with Crippen molar-refractivity contribution in [3.8, 4) is 0 Å². The van der Waals surface area contributed by atoms with Gasteiger partial charge in [0.2, 0.25) is 0 Å². The standard InChI is InChI=1S/C17H28N2O3/c1-16(21-9-10-22-16)14-3-2-8-19(11-14)15(20)18-12-17(6-7-17)13-4-5-13/h13-14H,2-12H2,1H3,(H,18,20). The summed E-state index contributed by atoms with van der Waals surface area (Å²) in [6.45, 7) is 5.85. The van der Waals surface area contributed by atoms with E-state index >= 15 is 0 Å². The number of hydrogen-bond donors (Lipinski definition) is 1. The van der Waals surface area contributed by atoms with E-state index in [0.717, 1.165) is 38.4 Å². The van der Waals surface area contributed by atoms with Crippen molar-refractivity contribution in [3.63, 3.8) is 0 Å². The molecule has 2 amide bonds. The number of amides is 2. The summed E-state index contributed by atoms with van der Waals surface area (Å²) >= 11 is 0. The predicted octanol–water partition coefficient (Wildman–Crippen LogP) is 2.36. The van der Waals surface area contributed by atoms with E-state index in [0.29, 0.717) is 18.6 Å². The Morgan fingerprint density at radius 1 is 1.18 bits per heavy atom. The molecule has 0 aromatic rings. The van der Waals surface area contributed by atoms with Crippen LogP contribution < -0.4 is 5.32 Å². The minimum Gasteiger partial charge on any atom is -0.347 e. The normalized spacial score (nSPS) is 32.8. The molecule has 1 unspecified atom stereocenters. The third kappa shape index (κ3) is 2.73. The van der Waals surface area contributed by atoms with Crippen LogP contribution in [0.25, 0.3) is 0 Å². The predicted molar refractivity (Wildman–Crippen MR) is 82.4 cm³/mol. The van der Waals surface area contributed by atoms with Crippen LogP contribution in [0.1, 0.15) is 45.4 Å². The van der Waals surface area contributed by atoms with Gasteiger partial charge in [-0.2, -0.15) is 0 Å². The molecule has 1 atom stereocenters. The summed E-state index contributed by atoms with van der Waals surface area (Å²) in [6, 6.07) is 0.109. The van der Waals surface area contributed by atoms with Crippen LogP contribution >= 0.6 is 0 Å². The minimum absolute atomic E-state index is 0.109. The maximum absolute atomic E-state index is 12.5. The van der Waals surface area contributed by atoms with Gasteiger partial charge in [0.25, 0.3) is 0 Å². The summed E-state index contributed by atoms with van der Waals surface area (Å²) in [5, 5.41) is 3.21. The highest BCUT2D eigenvalue weighted by atomic mass is 16.7. The molecular weight excluding hydrogens is 280 g/mol. The van der Waals surface area contributed by atoms with Gasteiger partial charge in [0, 0.05) is 25.6 Å². The zero-order valence-corrected chi connectivity index (χ0v) is 13.6. The van der Waals surface area contributed by atoms with Crippen LogP contribution in [0.2, 0.25) is 0 Å². The number of nitrogens with zero attached hydrogens (tertiary/aromatic N) is 1. The molecule has 1 N–H and O–H groups in total. The van der Waals surface area contributed by atoms with Crippen molar-refractivity contribution < 1.29 is 14.3 Å². The Labute approximate surface area is 132 Å². The largest absolute Gasteiger partial charge is 0.347 e. The second-order valence-corrected chi connectivity index (χ2v) is 7.79. The average Bonchev–Trinajstić information content (AvgIpc) is 3.44. The van der Waals surface area contributed by atoms with Gasteiger partial charge < -0.3 is 19.7 Å². The molecule has 4 fully saturated rings. The van der Waals surface area contributed by atoms with Gasteiger partial charge in [-0.15, -0.1) is 0 Å². The first-order valence-corrected chi connectivity index (χ1v) is 8.92. The Balaban J connectivity index is 1.30. The molecule has 22 heavy (non-hydrogen) atoms. The number of nitrogens with one attached hydrogen (secondary N) is 1. The highest BCUT2D eigenvalue weighted by Gasteiger charge is 2.53. The molecule has 0 aromatic heterocycles. The summed E-state index contributed by atoms with van der Waals surface area (Å²) in [5.41, 5.74) is 0.467. The van der Waals surface area contributed by atoms with Gasteiger partial charge in [-0.1, -0.05) is 0 Å². The molecule has 0 aromatic carbocycles. The lowest BCUT2D eigenvalue weighted by Crippen LogP contribution is -2.52. The van der Waals surface area contributed by atoms with E-state index in [2.05, 4.69) is 5.32 Å². The Morgan fingerprint density at radius 3 is 2.55 bits per heavy atom. The van der Waals surface area contributed by atoms with Gasteiger partial charge in [0.05, 0.1) is 13.2 Å². The Morgan fingerprint density at radius 2 is 1.91 bits per heavy atom. The quantitative estimate of drug-likeness (QED) is 0.867. The number of rotatable bonds is 4. The summed E-state index contributed by atoms with van der Waals surface area (Å²) in [6.07, 6.45) is 7.46. The fraction of sp³-hybridized carbons (Fsp3) is 0.941. The van der Waals surface area contributed by atoms with Gasteiger partial charge in [0.1, 0.15) is 0 Å². The van der Waals surface area contributed by atoms with E-state index in [9.17, 15) is 4.79 Å². The van der Waals surface area contributed by atoms with Gasteiger partial charge in [-0.05, 0) is 56.8 Å². The first-order valence-electron chi connectivity index (χ1n) is 8.92. The second-order valence-electron chi connectivity index (χ2n) is 7.79. The first kappa shape index (κ1) is 14.8. The number of urea groups is 1. The lowest BCUT2D eigenvalue weighted by atomic mass is 9.90. The zero-order valence-electron chi connectivity index (χ0n) is 13.6. The fourth-order valence-electron chi connectivity index (χ4n) is 4.30. The molecule has 2 aliphatic heterocycles. The van der Waals surface area contributed by atoms with Crippen molar-refractivity contribution in [1.29, 1.82) is 0 Å². The van der Waals surface area contributed by atoms with Crippen LogP contribution in [0, 0.1) is 17.3 Å². The fourth-order valence-corrected chi connectivity index (χ4v) is 4.30. The van der Waals surface area contributed by atoms with E-state index in [1.807, 2.05) is 11.8 Å². The van der Waals surface area contributed by atoms with Crippen molar-refractivity contribution >= 4 is 6.03 Å². The third-order valence-corrected chi connectivity index (χ3v) is 6.24. The van der Waals surface area contributed by atoms with Crippen molar-refractivity contribution in [3.05, 3.63) is 0 Å². The lowest BCUT2D eigenvalue weighted by Gasteiger charge is -2.40. The van der Waals surface area contributed by atoms with Gasteiger partial charge in [-0.25, -0.2) is 4.79 Å². The van der Waals surface area contributed by atoms with Gasteiger partial charge in [0.15, 0.2) is 5.79 Å². The highest BCUT2D eigenvalue weighted by molar-refractivity contribution is 5.74. The molecule has 0 bridgehead atoms. The van der Waals surface area contributed by atoms with Crippen LogP contribution in [0.4, 0.5) is 4.79 Å². The van der Waals surface area contributed by atoms with Crippen molar-refractivity contribution in [1.82, 2.24) is 10.2 Å². The Hall–Kier alpha value is -0.810. The minimum atomic E-state index is -0.495. The van der Waals surface area contributed by atoms with E-state index in [4.69, 9.17) is 9.47 Å². The number of hydrogen-bond acceptors (Lipinski definition) is 3. The van der Waals surface area contributed by atoms with Crippen LogP contribution in [-0.4, -0.2) is 49.6 Å². The second kappa shape index (κ2) is 5.38. The monoisotopic (exact) mass is 308 g/mol. The first-order chi connectivity index (χ1) is 10.6. The Kier molecular flexibility index (Phi) is 3.61. The molecule has 5 heteroatoms. The van der Waals surface area contributed by atoms with Crippen LogP contribution in [-0.2, 0) is 9.47 Å². The molecule has 2 saturated heterocycles. The SMILES string of the molecule is CC1(C2CCCN(C(=O)NCC3(C4CC4)CC3)C2)OCCO1. The lowest BCUT2D eigenvalue weighted by molar-refractivity contribution is -0.189. The van der Waals surface area contributed by atoms with Crippen LogP contribution in [0.15, 0.2) is 0 Å². The number of ether oxygens (including phenoxy) is 2. The molecule has 4 rings (SSSR count). The van der Waals surface area contributed by atoms with E-state index < -0.39 is 5.79 Å². The summed E-state index contributed by atoms with van der Waals surface area (Å²) in [4.78, 5) is 14.5. The smallest absolute Gasteiger partial charge is 0.317 e. The van der Waals surface area contributed by atoms with Gasteiger partial charge >= 0.3 is 6.03 Å². The number of carbonyl (C=O) groups excluding carboxylic acids is 1. The van der Waals surface area contributed by atoms with E-state index in [1.165, 1.54) is 25.7 Å². The molecule has 124 valence electrons. The van der Waals surface area contributed by atoms with Crippen molar-refractivity contribution in [2.75, 3.05) is 32.8 Å². The maximum atomic E-state index is 12.5. The summed E-state index contributed by atoms with van der Waals surface area (Å²) in [7, 11) is 0. The molecule has 2 saturated carbocycles. The van der Waals surface area contributed by atoms with E-state index in [1.54, 1.807) is 0 Å². The molecular formula is C17H28N2O3.